The second kappa shape index (κ2) is 5.66. The van der Waals surface area contributed by atoms with Gasteiger partial charge in [-0.3, -0.25) is 4.79 Å². The Bertz CT molecular complexity index is 911. The van der Waals surface area contributed by atoms with Crippen molar-refractivity contribution < 1.29 is 9.21 Å². The molecule has 0 saturated carbocycles. The summed E-state index contributed by atoms with van der Waals surface area (Å²) in [6, 6.07) is 2.01. The summed E-state index contributed by atoms with van der Waals surface area (Å²) < 4.78 is 7.27. The first-order valence-electron chi connectivity index (χ1n) is 8.56. The van der Waals surface area contributed by atoms with Crippen molar-refractivity contribution in [1.82, 2.24) is 30.2 Å². The van der Waals surface area contributed by atoms with Crippen LogP contribution in [-0.2, 0) is 0 Å². The maximum Gasteiger partial charge on any atom is 0.274 e. The number of hydrogen-bond donors (Lipinski definition) is 1. The first-order chi connectivity index (χ1) is 12.3. The molecule has 2 bridgehead atoms. The van der Waals surface area contributed by atoms with Crippen LogP contribution in [-0.4, -0.2) is 56.5 Å². The molecule has 6 rings (SSSR count). The van der Waals surface area contributed by atoms with Crippen molar-refractivity contribution in [2.75, 3.05) is 19.6 Å². The van der Waals surface area contributed by atoms with E-state index in [1.165, 1.54) is 0 Å². The SMILES string of the molecule is O=C(N[C@H]1CN2CCC1CC2)c1nccc2c(-n3ccnn3)coc12. The summed E-state index contributed by atoms with van der Waals surface area (Å²) in [4.78, 5) is 19.5. The molecular weight excluding hydrogens is 320 g/mol. The molecule has 0 unspecified atom stereocenters. The molecule has 3 aromatic rings. The van der Waals surface area contributed by atoms with E-state index in [0.29, 0.717) is 17.2 Å². The third-order valence-corrected chi connectivity index (χ3v) is 5.33. The van der Waals surface area contributed by atoms with Gasteiger partial charge in [-0.05, 0) is 37.9 Å². The van der Waals surface area contributed by atoms with Gasteiger partial charge >= 0.3 is 0 Å². The van der Waals surface area contributed by atoms with Gasteiger partial charge in [0.25, 0.3) is 5.91 Å². The molecule has 3 aliphatic heterocycles. The van der Waals surface area contributed by atoms with Crippen molar-refractivity contribution in [3.8, 4) is 5.69 Å². The zero-order valence-corrected chi connectivity index (χ0v) is 13.6. The number of rotatable bonds is 3. The van der Waals surface area contributed by atoms with Crippen LogP contribution in [0, 0.1) is 5.92 Å². The maximum absolute atomic E-state index is 12.8. The summed E-state index contributed by atoms with van der Waals surface area (Å²) in [7, 11) is 0. The number of piperidine rings is 3. The van der Waals surface area contributed by atoms with Crippen LogP contribution in [0.3, 0.4) is 0 Å². The summed E-state index contributed by atoms with van der Waals surface area (Å²) in [5.74, 6) is 0.388. The Labute approximate surface area is 143 Å². The van der Waals surface area contributed by atoms with E-state index in [0.717, 1.165) is 43.5 Å². The summed E-state index contributed by atoms with van der Waals surface area (Å²) in [6.45, 7) is 3.21. The summed E-state index contributed by atoms with van der Waals surface area (Å²) >= 11 is 0. The minimum atomic E-state index is -0.177. The fraction of sp³-hybridized carbons (Fsp3) is 0.412. The number of furan rings is 1. The van der Waals surface area contributed by atoms with Gasteiger partial charge in [-0.15, -0.1) is 5.10 Å². The molecule has 1 atom stereocenters. The molecule has 1 N–H and O–H groups in total. The Balaban J connectivity index is 1.45. The smallest absolute Gasteiger partial charge is 0.274 e. The summed E-state index contributed by atoms with van der Waals surface area (Å²) in [6.07, 6.45) is 8.84. The fourth-order valence-electron chi connectivity index (χ4n) is 3.99. The molecule has 8 nitrogen and oxygen atoms in total. The second-order valence-corrected chi connectivity index (χ2v) is 6.72. The zero-order chi connectivity index (χ0) is 16.8. The van der Waals surface area contributed by atoms with Gasteiger partial charge in [0.05, 0.1) is 17.8 Å². The number of carbonyl (C=O) groups is 1. The van der Waals surface area contributed by atoms with E-state index in [1.807, 2.05) is 6.07 Å². The van der Waals surface area contributed by atoms with Crippen LogP contribution in [0.5, 0.6) is 0 Å². The van der Waals surface area contributed by atoms with Crippen molar-refractivity contribution in [2.45, 2.75) is 18.9 Å². The number of pyridine rings is 1. The number of nitrogens with one attached hydrogen (secondary N) is 1. The molecule has 6 heterocycles. The number of carbonyl (C=O) groups excluding carboxylic acids is 1. The lowest BCUT2D eigenvalue weighted by Crippen LogP contribution is -2.57. The number of hydrogen-bond acceptors (Lipinski definition) is 6. The third-order valence-electron chi connectivity index (χ3n) is 5.33. The zero-order valence-electron chi connectivity index (χ0n) is 13.6. The summed E-state index contributed by atoms with van der Waals surface area (Å²) in [5, 5.41) is 11.8. The predicted octanol–water partition coefficient (Wildman–Crippen LogP) is 1.23. The van der Waals surface area contributed by atoms with Crippen LogP contribution in [0.2, 0.25) is 0 Å². The normalized spacial score (nSPS) is 25.4. The van der Waals surface area contributed by atoms with E-state index < -0.39 is 0 Å². The Morgan fingerprint density at radius 2 is 2.16 bits per heavy atom. The first kappa shape index (κ1) is 14.6. The molecule has 25 heavy (non-hydrogen) atoms. The molecule has 3 aromatic heterocycles. The van der Waals surface area contributed by atoms with Gasteiger partial charge in [-0.25, -0.2) is 9.67 Å². The highest BCUT2D eigenvalue weighted by Crippen LogP contribution is 2.29. The molecule has 1 amide bonds. The number of amides is 1. The highest BCUT2D eigenvalue weighted by Gasteiger charge is 2.35. The molecule has 3 fully saturated rings. The van der Waals surface area contributed by atoms with Crippen LogP contribution in [0.25, 0.3) is 16.7 Å². The summed E-state index contributed by atoms with van der Waals surface area (Å²) in [5.41, 5.74) is 1.54. The number of aromatic nitrogens is 4. The van der Waals surface area contributed by atoms with Gasteiger partial charge in [-0.2, -0.15) is 0 Å². The van der Waals surface area contributed by atoms with Crippen molar-refractivity contribution in [1.29, 1.82) is 0 Å². The topological polar surface area (TPSA) is 89.1 Å². The molecule has 0 radical (unpaired) electrons. The molecule has 3 saturated heterocycles. The molecule has 128 valence electrons. The van der Waals surface area contributed by atoms with Crippen LogP contribution in [0.15, 0.2) is 35.3 Å². The monoisotopic (exact) mass is 338 g/mol. The molecule has 0 aliphatic carbocycles. The van der Waals surface area contributed by atoms with Crippen LogP contribution in [0.4, 0.5) is 0 Å². The van der Waals surface area contributed by atoms with Gasteiger partial charge in [0, 0.05) is 18.8 Å². The fourth-order valence-corrected chi connectivity index (χ4v) is 3.99. The van der Waals surface area contributed by atoms with Crippen LogP contribution in [0.1, 0.15) is 23.3 Å². The Hall–Kier alpha value is -2.74. The number of nitrogens with zero attached hydrogens (tertiary/aromatic N) is 5. The Morgan fingerprint density at radius 3 is 2.88 bits per heavy atom. The highest BCUT2D eigenvalue weighted by atomic mass is 16.3. The molecular formula is C17H18N6O2. The third kappa shape index (κ3) is 2.41. The molecule has 8 heteroatoms. The predicted molar refractivity (Wildman–Crippen MR) is 89.3 cm³/mol. The lowest BCUT2D eigenvalue weighted by atomic mass is 9.84. The van der Waals surface area contributed by atoms with E-state index >= 15 is 0 Å². The van der Waals surface area contributed by atoms with Gasteiger partial charge in [0.2, 0.25) is 0 Å². The van der Waals surface area contributed by atoms with E-state index in [-0.39, 0.29) is 11.9 Å². The Morgan fingerprint density at radius 1 is 1.28 bits per heavy atom. The standard InChI is InChI=1S/C17H18N6O2/c24-17(20-13-9-22-6-2-11(13)3-7-22)15-16-12(1-4-18-15)14(10-25-16)23-8-5-19-21-23/h1,4-5,8,10-11,13H,2-3,6-7,9H2,(H,20,24)/t13-/m0/s1. The van der Waals surface area contributed by atoms with E-state index in [1.54, 1.807) is 29.5 Å². The lowest BCUT2D eigenvalue weighted by Gasteiger charge is -2.44. The van der Waals surface area contributed by atoms with Crippen LogP contribution < -0.4 is 5.32 Å². The molecule has 3 aliphatic rings. The average Bonchev–Trinajstić information content (AvgIpc) is 3.31. The minimum Gasteiger partial charge on any atom is -0.460 e. The van der Waals surface area contributed by atoms with E-state index in [2.05, 4.69) is 25.5 Å². The van der Waals surface area contributed by atoms with Crippen molar-refractivity contribution in [3.63, 3.8) is 0 Å². The Kier molecular flexibility index (Phi) is 3.30. The van der Waals surface area contributed by atoms with Gasteiger partial charge in [0.1, 0.15) is 12.0 Å². The van der Waals surface area contributed by atoms with Gasteiger partial charge in [-0.1, -0.05) is 5.21 Å². The molecule has 0 spiro atoms. The highest BCUT2D eigenvalue weighted by molar-refractivity contribution is 6.04. The average molecular weight is 338 g/mol. The minimum absolute atomic E-state index is 0.177. The van der Waals surface area contributed by atoms with E-state index in [4.69, 9.17) is 4.42 Å². The van der Waals surface area contributed by atoms with E-state index in [9.17, 15) is 4.79 Å². The first-order valence-corrected chi connectivity index (χ1v) is 8.56. The van der Waals surface area contributed by atoms with Crippen LogP contribution >= 0.6 is 0 Å². The number of fused-ring (bicyclic) bond motifs is 4. The van der Waals surface area contributed by atoms with Gasteiger partial charge in [0.15, 0.2) is 11.3 Å². The maximum atomic E-state index is 12.8. The van der Waals surface area contributed by atoms with Crippen molar-refractivity contribution >= 4 is 16.9 Å². The van der Waals surface area contributed by atoms with Gasteiger partial charge < -0.3 is 14.6 Å². The van der Waals surface area contributed by atoms with Crippen molar-refractivity contribution in [2.24, 2.45) is 5.92 Å². The van der Waals surface area contributed by atoms with Crippen molar-refractivity contribution in [3.05, 3.63) is 36.6 Å². The quantitative estimate of drug-likeness (QED) is 0.773. The molecule has 0 aromatic carbocycles. The lowest BCUT2D eigenvalue weighted by molar-refractivity contribution is 0.0618. The second-order valence-electron chi connectivity index (χ2n) is 6.72. The largest absolute Gasteiger partial charge is 0.460 e.